The molecule has 2 aliphatic rings. The number of benzene rings is 1. The molecule has 3 rings (SSSR count). The predicted octanol–water partition coefficient (Wildman–Crippen LogP) is 2.29. The number of aliphatic hydroxyl groups is 1. The number of hydrogen-bond acceptors (Lipinski definition) is 6. The molecule has 2 saturated heterocycles. The Bertz CT molecular complexity index is 755. The van der Waals surface area contributed by atoms with Crippen molar-refractivity contribution in [3.05, 3.63) is 35.9 Å². The second-order valence-corrected chi connectivity index (χ2v) is 8.57. The van der Waals surface area contributed by atoms with Gasteiger partial charge < -0.3 is 29.4 Å². The number of fused-ring (bicyclic) bond motifs is 1. The van der Waals surface area contributed by atoms with Crippen molar-refractivity contribution in [2.75, 3.05) is 13.7 Å². The van der Waals surface area contributed by atoms with Gasteiger partial charge in [-0.15, -0.1) is 0 Å². The molecule has 1 aromatic rings. The smallest absolute Gasteiger partial charge is 0.217 e. The molecule has 0 spiro atoms. The summed E-state index contributed by atoms with van der Waals surface area (Å²) < 4.78 is 24.5. The van der Waals surface area contributed by atoms with E-state index in [4.69, 9.17) is 18.9 Å². The molecule has 2 aliphatic heterocycles. The van der Waals surface area contributed by atoms with E-state index < -0.39 is 34.4 Å². The van der Waals surface area contributed by atoms with Gasteiger partial charge in [0.1, 0.15) is 22.3 Å². The molecule has 2 heterocycles. The van der Waals surface area contributed by atoms with Crippen molar-refractivity contribution in [2.45, 2.75) is 76.0 Å². The van der Waals surface area contributed by atoms with E-state index in [0.29, 0.717) is 0 Å². The SMILES string of the molecule is COC1(C)OC2(C)COC(c3ccccc3)OC2(C)C(C)(O)C1(C)NC(C)=O. The highest BCUT2D eigenvalue weighted by Crippen LogP contribution is 2.58. The van der Waals surface area contributed by atoms with Gasteiger partial charge in [-0.05, 0) is 34.6 Å². The molecule has 2 fully saturated rings. The number of hydrogen-bond donors (Lipinski definition) is 2. The molecule has 2 N–H and O–H groups in total. The summed E-state index contributed by atoms with van der Waals surface area (Å²) in [4.78, 5) is 12.0. The van der Waals surface area contributed by atoms with Crippen LogP contribution in [0, 0.1) is 0 Å². The third kappa shape index (κ3) is 2.64. The topological polar surface area (TPSA) is 86.2 Å². The monoisotopic (exact) mass is 393 g/mol. The van der Waals surface area contributed by atoms with Gasteiger partial charge in [0.2, 0.25) is 5.91 Å². The summed E-state index contributed by atoms with van der Waals surface area (Å²) in [5.74, 6) is -1.64. The molecular weight excluding hydrogens is 362 g/mol. The fourth-order valence-electron chi connectivity index (χ4n) is 4.56. The van der Waals surface area contributed by atoms with Crippen molar-refractivity contribution in [3.8, 4) is 0 Å². The second kappa shape index (κ2) is 6.50. The molecule has 1 aromatic carbocycles. The standard InChI is InChI=1S/C21H31NO6/c1-14(23)22-18(3)19(4,24)20(5)17(2,28-21(18,6)25-7)13-26-16(27-20)15-11-9-8-10-12-15/h8-12,16,24H,13H2,1-7H3,(H,22,23). The van der Waals surface area contributed by atoms with Crippen LogP contribution in [-0.2, 0) is 23.7 Å². The van der Waals surface area contributed by atoms with Gasteiger partial charge in [-0.2, -0.15) is 0 Å². The Balaban J connectivity index is 2.12. The number of nitrogens with one attached hydrogen (secondary N) is 1. The Morgan fingerprint density at radius 3 is 2.32 bits per heavy atom. The van der Waals surface area contributed by atoms with Crippen LogP contribution in [0.3, 0.4) is 0 Å². The van der Waals surface area contributed by atoms with Crippen molar-refractivity contribution in [3.63, 3.8) is 0 Å². The quantitative estimate of drug-likeness (QED) is 0.820. The molecule has 0 aromatic heterocycles. The van der Waals surface area contributed by atoms with E-state index in [1.807, 2.05) is 37.3 Å². The summed E-state index contributed by atoms with van der Waals surface area (Å²) in [6.07, 6.45) is -0.678. The van der Waals surface area contributed by atoms with E-state index in [2.05, 4.69) is 5.32 Å². The van der Waals surface area contributed by atoms with E-state index in [1.54, 1.807) is 27.7 Å². The molecule has 7 heteroatoms. The Kier molecular flexibility index (Phi) is 4.92. The number of carbonyl (C=O) groups is 1. The molecule has 6 unspecified atom stereocenters. The number of ether oxygens (including phenoxy) is 4. The minimum absolute atomic E-state index is 0.175. The molecule has 0 bridgehead atoms. The average molecular weight is 393 g/mol. The fraction of sp³-hybridized carbons (Fsp3) is 0.667. The van der Waals surface area contributed by atoms with E-state index in [-0.39, 0.29) is 12.5 Å². The van der Waals surface area contributed by atoms with E-state index >= 15 is 0 Å². The molecular formula is C21H31NO6. The summed E-state index contributed by atoms with van der Waals surface area (Å²) >= 11 is 0. The molecule has 1 amide bonds. The minimum atomic E-state index is -1.58. The lowest BCUT2D eigenvalue weighted by Gasteiger charge is -2.69. The first-order valence-electron chi connectivity index (χ1n) is 9.47. The summed E-state index contributed by atoms with van der Waals surface area (Å²) in [6, 6.07) is 9.52. The third-order valence-corrected chi connectivity index (χ3v) is 6.98. The van der Waals surface area contributed by atoms with E-state index in [0.717, 1.165) is 5.56 Å². The van der Waals surface area contributed by atoms with Crippen molar-refractivity contribution < 1.29 is 28.8 Å². The van der Waals surface area contributed by atoms with Gasteiger partial charge >= 0.3 is 0 Å². The van der Waals surface area contributed by atoms with Gasteiger partial charge in [-0.3, -0.25) is 4.79 Å². The van der Waals surface area contributed by atoms with Crippen LogP contribution in [0.4, 0.5) is 0 Å². The first-order chi connectivity index (χ1) is 12.9. The van der Waals surface area contributed by atoms with Crippen LogP contribution in [0.15, 0.2) is 30.3 Å². The Labute approximate surface area is 166 Å². The van der Waals surface area contributed by atoms with Crippen molar-refractivity contribution in [2.24, 2.45) is 0 Å². The zero-order valence-electron chi connectivity index (χ0n) is 17.7. The van der Waals surface area contributed by atoms with Crippen LogP contribution in [0.2, 0.25) is 0 Å². The summed E-state index contributed by atoms with van der Waals surface area (Å²) in [5.41, 5.74) is -4.32. The van der Waals surface area contributed by atoms with Gasteiger partial charge in [0.15, 0.2) is 12.1 Å². The van der Waals surface area contributed by atoms with Crippen molar-refractivity contribution >= 4 is 5.91 Å². The van der Waals surface area contributed by atoms with Crippen LogP contribution in [-0.4, -0.2) is 52.9 Å². The first kappa shape index (κ1) is 21.2. The van der Waals surface area contributed by atoms with Crippen LogP contribution in [0.1, 0.15) is 53.4 Å². The summed E-state index contributed by atoms with van der Waals surface area (Å²) in [5, 5.41) is 14.8. The largest absolute Gasteiger partial charge is 0.384 e. The summed E-state index contributed by atoms with van der Waals surface area (Å²) in [7, 11) is 1.49. The van der Waals surface area contributed by atoms with Gasteiger partial charge in [0.25, 0.3) is 0 Å². The molecule has 7 nitrogen and oxygen atoms in total. The maximum absolute atomic E-state index is 12.0. The fourth-order valence-corrected chi connectivity index (χ4v) is 4.56. The third-order valence-electron chi connectivity index (χ3n) is 6.98. The van der Waals surface area contributed by atoms with Gasteiger partial charge in [-0.25, -0.2) is 0 Å². The molecule has 6 atom stereocenters. The normalized spacial score (nSPS) is 45.9. The highest BCUT2D eigenvalue weighted by atomic mass is 16.8. The van der Waals surface area contributed by atoms with Crippen LogP contribution in [0.25, 0.3) is 0 Å². The molecule has 0 saturated carbocycles. The maximum Gasteiger partial charge on any atom is 0.217 e. The van der Waals surface area contributed by atoms with Gasteiger partial charge in [-0.1, -0.05) is 30.3 Å². The zero-order chi connectivity index (χ0) is 21.0. The van der Waals surface area contributed by atoms with Gasteiger partial charge in [0, 0.05) is 19.6 Å². The highest BCUT2D eigenvalue weighted by molar-refractivity contribution is 5.74. The molecule has 156 valence electrons. The maximum atomic E-state index is 12.0. The number of carbonyl (C=O) groups excluding carboxylic acids is 1. The van der Waals surface area contributed by atoms with E-state index in [9.17, 15) is 9.90 Å². The summed E-state index contributed by atoms with van der Waals surface area (Å²) in [6.45, 7) is 10.2. The van der Waals surface area contributed by atoms with Crippen LogP contribution >= 0.6 is 0 Å². The lowest BCUT2D eigenvalue weighted by molar-refractivity contribution is -0.469. The molecule has 28 heavy (non-hydrogen) atoms. The van der Waals surface area contributed by atoms with E-state index in [1.165, 1.54) is 14.0 Å². The average Bonchev–Trinajstić information content (AvgIpc) is 2.63. The van der Waals surface area contributed by atoms with Crippen molar-refractivity contribution in [1.29, 1.82) is 0 Å². The Morgan fingerprint density at radius 2 is 1.79 bits per heavy atom. The Morgan fingerprint density at radius 1 is 1.18 bits per heavy atom. The minimum Gasteiger partial charge on any atom is -0.384 e. The van der Waals surface area contributed by atoms with Crippen molar-refractivity contribution in [1.82, 2.24) is 5.32 Å². The Hall–Kier alpha value is -1.51. The zero-order valence-corrected chi connectivity index (χ0v) is 17.7. The number of rotatable bonds is 3. The first-order valence-corrected chi connectivity index (χ1v) is 9.47. The van der Waals surface area contributed by atoms with Crippen LogP contribution in [0.5, 0.6) is 0 Å². The highest BCUT2D eigenvalue weighted by Gasteiger charge is 2.77. The van der Waals surface area contributed by atoms with Gasteiger partial charge in [0.05, 0.1) is 6.61 Å². The number of methoxy groups -OCH3 is 1. The number of amides is 1. The lowest BCUT2D eigenvalue weighted by atomic mass is 9.59. The molecule has 0 aliphatic carbocycles. The molecule has 0 radical (unpaired) electrons. The van der Waals surface area contributed by atoms with Crippen LogP contribution < -0.4 is 5.32 Å². The lowest BCUT2D eigenvalue weighted by Crippen LogP contribution is -2.89. The second-order valence-electron chi connectivity index (χ2n) is 8.57. The predicted molar refractivity (Wildman–Crippen MR) is 102 cm³/mol.